The molecule has 5 rings (SSSR count). The van der Waals surface area contributed by atoms with Gasteiger partial charge in [0.2, 0.25) is 5.89 Å². The van der Waals surface area contributed by atoms with Crippen molar-refractivity contribution in [3.05, 3.63) is 108 Å². The van der Waals surface area contributed by atoms with E-state index in [-0.39, 0.29) is 0 Å². The average Bonchev–Trinajstić information content (AvgIpc) is 3.51. The fourth-order valence-electron chi connectivity index (χ4n) is 4.89. The number of hydrogen-bond acceptors (Lipinski definition) is 4. The maximum Gasteiger partial charge on any atom is 0.226 e. The Morgan fingerprint density at radius 3 is 2.40 bits per heavy atom. The van der Waals surface area contributed by atoms with E-state index in [0.717, 1.165) is 48.1 Å². The van der Waals surface area contributed by atoms with Crippen LogP contribution in [0.2, 0.25) is 0 Å². The summed E-state index contributed by atoms with van der Waals surface area (Å²) in [7, 11) is 0. The van der Waals surface area contributed by atoms with Gasteiger partial charge < -0.3 is 9.15 Å². The number of ether oxygens (including phenoxy) is 1. The van der Waals surface area contributed by atoms with E-state index in [4.69, 9.17) is 9.15 Å². The van der Waals surface area contributed by atoms with E-state index in [1.54, 1.807) is 0 Å². The summed E-state index contributed by atoms with van der Waals surface area (Å²) in [4.78, 5) is 7.26. The van der Waals surface area contributed by atoms with Crippen LogP contribution in [0.15, 0.2) is 89.3 Å². The summed E-state index contributed by atoms with van der Waals surface area (Å²) in [5.41, 5.74) is 4.76. The van der Waals surface area contributed by atoms with Crippen LogP contribution in [0.1, 0.15) is 35.4 Å². The van der Waals surface area contributed by atoms with Gasteiger partial charge in [-0.25, -0.2) is 4.98 Å². The molecule has 0 amide bonds. The number of benzene rings is 3. The van der Waals surface area contributed by atoms with E-state index in [9.17, 15) is 0 Å². The first-order chi connectivity index (χ1) is 17.2. The van der Waals surface area contributed by atoms with Gasteiger partial charge in [-0.1, -0.05) is 60.7 Å². The molecule has 0 N–H and O–H groups in total. The Morgan fingerprint density at radius 2 is 1.63 bits per heavy atom. The minimum atomic E-state index is 0.584. The average molecular weight is 467 g/mol. The molecular weight excluding hydrogens is 432 g/mol. The highest BCUT2D eigenvalue weighted by Crippen LogP contribution is 2.25. The second-order valence-electron chi connectivity index (χ2n) is 9.54. The van der Waals surface area contributed by atoms with Crippen LogP contribution in [-0.4, -0.2) is 29.6 Å². The van der Waals surface area contributed by atoms with Gasteiger partial charge in [0, 0.05) is 25.1 Å². The van der Waals surface area contributed by atoms with Crippen LogP contribution in [0.5, 0.6) is 5.75 Å². The van der Waals surface area contributed by atoms with Crippen LogP contribution in [0.25, 0.3) is 11.5 Å². The zero-order valence-corrected chi connectivity index (χ0v) is 20.5. The fraction of sp³-hybridized carbons (Fsp3) is 0.323. The van der Waals surface area contributed by atoms with E-state index in [1.165, 1.54) is 37.1 Å². The van der Waals surface area contributed by atoms with Gasteiger partial charge in [-0.3, -0.25) is 4.90 Å². The topological polar surface area (TPSA) is 38.5 Å². The molecule has 1 saturated heterocycles. The van der Waals surface area contributed by atoms with E-state index in [2.05, 4.69) is 64.5 Å². The van der Waals surface area contributed by atoms with Gasteiger partial charge >= 0.3 is 0 Å². The van der Waals surface area contributed by atoms with Crippen LogP contribution < -0.4 is 4.74 Å². The molecule has 180 valence electrons. The molecule has 2 heterocycles. The van der Waals surface area contributed by atoms with Crippen molar-refractivity contribution in [2.45, 2.75) is 39.2 Å². The quantitative estimate of drug-likeness (QED) is 0.260. The van der Waals surface area contributed by atoms with Crippen molar-refractivity contribution < 1.29 is 9.15 Å². The van der Waals surface area contributed by atoms with Crippen LogP contribution >= 0.6 is 0 Å². The Labute approximate surface area is 208 Å². The SMILES string of the molecule is Cc1oc(-c2ccccc2)nc1CCOc1ccc(CC[C@H]2CCN(Cc3ccccc3)C2)cc1. The lowest BCUT2D eigenvalue weighted by molar-refractivity contribution is 0.313. The second kappa shape index (κ2) is 11.4. The zero-order chi connectivity index (χ0) is 23.9. The third-order valence-corrected chi connectivity index (χ3v) is 6.90. The standard InChI is InChI=1S/C31H34N2O2/c1-24-30(32-31(35-24)28-10-6-3-7-11-28)19-21-34-29-16-14-25(15-17-29)12-13-27-18-20-33(23-27)22-26-8-4-2-5-9-26/h2-11,14-17,27H,12-13,18-23H2,1H3/t27-/m0/s1. The highest BCUT2D eigenvalue weighted by atomic mass is 16.5. The number of nitrogens with zero attached hydrogens (tertiary/aromatic N) is 2. The molecule has 1 aliphatic rings. The Morgan fingerprint density at radius 1 is 0.886 bits per heavy atom. The summed E-state index contributed by atoms with van der Waals surface area (Å²) in [6.45, 7) is 6.05. The molecule has 0 aliphatic carbocycles. The predicted octanol–water partition coefficient (Wildman–Crippen LogP) is 6.73. The first-order valence-corrected chi connectivity index (χ1v) is 12.7. The summed E-state index contributed by atoms with van der Waals surface area (Å²) in [6.07, 6.45) is 4.41. The van der Waals surface area contributed by atoms with Crippen LogP contribution in [0.3, 0.4) is 0 Å². The first kappa shape index (κ1) is 23.4. The van der Waals surface area contributed by atoms with Crippen molar-refractivity contribution in [1.82, 2.24) is 9.88 Å². The van der Waals surface area contributed by atoms with Crippen molar-refractivity contribution in [2.75, 3.05) is 19.7 Å². The van der Waals surface area contributed by atoms with E-state index in [1.807, 2.05) is 37.3 Å². The Balaban J connectivity index is 1.04. The molecule has 1 atom stereocenters. The van der Waals surface area contributed by atoms with Gasteiger partial charge in [-0.05, 0) is 74.0 Å². The lowest BCUT2D eigenvalue weighted by Crippen LogP contribution is -2.20. The van der Waals surface area contributed by atoms with Crippen LogP contribution in [-0.2, 0) is 19.4 Å². The molecule has 0 radical (unpaired) electrons. The smallest absolute Gasteiger partial charge is 0.226 e. The Kier molecular flexibility index (Phi) is 7.59. The first-order valence-electron chi connectivity index (χ1n) is 12.7. The molecular formula is C31H34N2O2. The number of hydrogen-bond donors (Lipinski definition) is 0. The van der Waals surface area contributed by atoms with Gasteiger partial charge in [0.25, 0.3) is 0 Å². The molecule has 0 saturated carbocycles. The normalized spacial score (nSPS) is 16.0. The molecule has 1 aromatic heterocycles. The van der Waals surface area contributed by atoms with Crippen molar-refractivity contribution >= 4 is 0 Å². The Bertz CT molecular complexity index is 1190. The van der Waals surface area contributed by atoms with Gasteiger partial charge in [0.05, 0.1) is 12.3 Å². The number of rotatable bonds is 10. The molecule has 0 bridgehead atoms. The van der Waals surface area contributed by atoms with Crippen molar-refractivity contribution in [3.8, 4) is 17.2 Å². The zero-order valence-electron chi connectivity index (χ0n) is 20.5. The molecule has 35 heavy (non-hydrogen) atoms. The largest absolute Gasteiger partial charge is 0.493 e. The third-order valence-electron chi connectivity index (χ3n) is 6.90. The van der Waals surface area contributed by atoms with Crippen molar-refractivity contribution in [1.29, 1.82) is 0 Å². The number of oxazole rings is 1. The van der Waals surface area contributed by atoms with E-state index < -0.39 is 0 Å². The predicted molar refractivity (Wildman–Crippen MR) is 140 cm³/mol. The van der Waals surface area contributed by atoms with Crippen LogP contribution in [0.4, 0.5) is 0 Å². The van der Waals surface area contributed by atoms with E-state index >= 15 is 0 Å². The third kappa shape index (κ3) is 6.40. The number of likely N-dealkylation sites (tertiary alicyclic amines) is 1. The lowest BCUT2D eigenvalue weighted by Gasteiger charge is -2.16. The molecule has 0 spiro atoms. The maximum atomic E-state index is 6.00. The molecule has 4 heteroatoms. The van der Waals surface area contributed by atoms with Gasteiger partial charge in [-0.15, -0.1) is 0 Å². The summed E-state index contributed by atoms with van der Waals surface area (Å²) in [5.74, 6) is 3.24. The molecule has 3 aromatic carbocycles. The van der Waals surface area contributed by atoms with Crippen molar-refractivity contribution in [3.63, 3.8) is 0 Å². The molecule has 0 unspecified atom stereocenters. The minimum absolute atomic E-state index is 0.584. The molecule has 1 aliphatic heterocycles. The lowest BCUT2D eigenvalue weighted by atomic mass is 9.99. The number of aromatic nitrogens is 1. The minimum Gasteiger partial charge on any atom is -0.493 e. The molecule has 4 aromatic rings. The van der Waals surface area contributed by atoms with Crippen LogP contribution in [0, 0.1) is 12.8 Å². The summed E-state index contributed by atoms with van der Waals surface area (Å²) >= 11 is 0. The van der Waals surface area contributed by atoms with Crippen molar-refractivity contribution in [2.24, 2.45) is 5.92 Å². The molecule has 1 fully saturated rings. The second-order valence-corrected chi connectivity index (χ2v) is 9.54. The van der Waals surface area contributed by atoms with Gasteiger partial charge in [0.1, 0.15) is 11.5 Å². The maximum absolute atomic E-state index is 6.00. The number of aryl methyl sites for hydroxylation is 2. The van der Waals surface area contributed by atoms with E-state index in [0.29, 0.717) is 12.5 Å². The summed E-state index contributed by atoms with van der Waals surface area (Å²) in [6, 6.07) is 29.4. The van der Waals surface area contributed by atoms with Gasteiger partial charge in [-0.2, -0.15) is 0 Å². The van der Waals surface area contributed by atoms with Gasteiger partial charge in [0.15, 0.2) is 0 Å². The summed E-state index contributed by atoms with van der Waals surface area (Å²) < 4.78 is 11.8. The summed E-state index contributed by atoms with van der Waals surface area (Å²) in [5, 5.41) is 0. The fourth-order valence-corrected chi connectivity index (χ4v) is 4.89. The highest BCUT2D eigenvalue weighted by Gasteiger charge is 2.22. The highest BCUT2D eigenvalue weighted by molar-refractivity contribution is 5.53. The molecule has 4 nitrogen and oxygen atoms in total. The monoisotopic (exact) mass is 466 g/mol. The Hall–Kier alpha value is -3.37.